The number of rotatable bonds is 4. The van der Waals surface area contributed by atoms with Gasteiger partial charge in [0.2, 0.25) is 0 Å². The minimum Gasteiger partial charge on any atom is -0.506 e. The first-order chi connectivity index (χ1) is 13.6. The van der Waals surface area contributed by atoms with Crippen LogP contribution < -0.4 is 14.5 Å². The van der Waals surface area contributed by atoms with E-state index in [4.69, 9.17) is 14.2 Å². The van der Waals surface area contributed by atoms with E-state index in [1.54, 1.807) is 24.3 Å². The molecule has 7 heteroatoms. The number of anilines is 2. The lowest BCUT2D eigenvalue weighted by atomic mass is 10.1. The van der Waals surface area contributed by atoms with Gasteiger partial charge in [0.1, 0.15) is 23.0 Å². The van der Waals surface area contributed by atoms with E-state index in [1.165, 1.54) is 0 Å². The molecule has 2 aromatic rings. The van der Waals surface area contributed by atoms with Gasteiger partial charge in [0.05, 0.1) is 37.8 Å². The molecule has 0 spiro atoms. The summed E-state index contributed by atoms with van der Waals surface area (Å²) in [6.07, 6.45) is 0. The van der Waals surface area contributed by atoms with E-state index in [-0.39, 0.29) is 11.5 Å². The van der Waals surface area contributed by atoms with Crippen LogP contribution in [0.5, 0.6) is 23.0 Å². The molecule has 2 heterocycles. The minimum absolute atomic E-state index is 0.227. The second kappa shape index (κ2) is 8.16. The van der Waals surface area contributed by atoms with E-state index < -0.39 is 0 Å². The fourth-order valence-electron chi connectivity index (χ4n) is 3.72. The van der Waals surface area contributed by atoms with E-state index in [1.807, 2.05) is 13.0 Å². The van der Waals surface area contributed by atoms with Crippen LogP contribution >= 0.6 is 0 Å². The molecule has 0 aromatic heterocycles. The zero-order chi connectivity index (χ0) is 19.5. The number of benzene rings is 2. The van der Waals surface area contributed by atoms with Gasteiger partial charge in [0.15, 0.2) is 0 Å². The second-order valence-electron chi connectivity index (χ2n) is 7.01. The van der Waals surface area contributed by atoms with Gasteiger partial charge in [-0.1, -0.05) is 0 Å². The zero-order valence-electron chi connectivity index (χ0n) is 16.1. The van der Waals surface area contributed by atoms with Crippen molar-refractivity contribution in [3.05, 3.63) is 35.9 Å². The normalized spacial score (nSPS) is 17.6. The molecule has 2 aliphatic heterocycles. The Balaban J connectivity index is 1.60. The molecule has 0 unspecified atom stereocenters. The lowest BCUT2D eigenvalue weighted by molar-refractivity contribution is 0.122. The molecule has 0 saturated carbocycles. The third-order valence-corrected chi connectivity index (χ3v) is 5.21. The average Bonchev–Trinajstić information content (AvgIpc) is 2.73. The van der Waals surface area contributed by atoms with Crippen LogP contribution in [-0.2, 0) is 9.47 Å². The molecule has 2 aliphatic rings. The fraction of sp³-hybridized carbons (Fsp3) is 0.429. The highest BCUT2D eigenvalue weighted by molar-refractivity contribution is 5.68. The molecule has 2 fully saturated rings. The Morgan fingerprint density at radius 1 is 0.821 bits per heavy atom. The number of hydrogen-bond donors (Lipinski definition) is 2. The number of aromatic hydroxyl groups is 2. The molecule has 0 bridgehead atoms. The number of nitrogens with zero attached hydrogens (tertiary/aromatic N) is 2. The van der Waals surface area contributed by atoms with E-state index in [0.717, 1.165) is 43.1 Å². The van der Waals surface area contributed by atoms with Crippen molar-refractivity contribution in [2.45, 2.75) is 6.92 Å². The number of hydrogen-bond acceptors (Lipinski definition) is 7. The molecule has 4 rings (SSSR count). The van der Waals surface area contributed by atoms with Gasteiger partial charge in [0.25, 0.3) is 0 Å². The standard InChI is InChI=1S/C21H26N2O5/c1-15-20(5-4-19(25)21(15)23-8-12-27-13-9-23)28-16-2-3-18(24)17(14-16)22-6-10-26-11-7-22/h2-5,14,24-25H,6-13H2,1H3. The van der Waals surface area contributed by atoms with Crippen LogP contribution in [0.1, 0.15) is 5.56 Å². The van der Waals surface area contributed by atoms with Crippen molar-refractivity contribution in [1.82, 2.24) is 0 Å². The molecular weight excluding hydrogens is 360 g/mol. The second-order valence-corrected chi connectivity index (χ2v) is 7.01. The first-order valence-electron chi connectivity index (χ1n) is 9.62. The SMILES string of the molecule is Cc1c(Oc2ccc(O)c(N3CCOCC3)c2)ccc(O)c1N1CCOCC1. The van der Waals surface area contributed by atoms with Crippen molar-refractivity contribution < 1.29 is 24.4 Å². The molecule has 150 valence electrons. The van der Waals surface area contributed by atoms with Crippen molar-refractivity contribution in [3.8, 4) is 23.0 Å². The predicted octanol–water partition coefficient (Wildman–Crippen LogP) is 2.87. The molecule has 2 saturated heterocycles. The van der Waals surface area contributed by atoms with Crippen LogP contribution in [0, 0.1) is 6.92 Å². The van der Waals surface area contributed by atoms with Gasteiger partial charge in [0, 0.05) is 37.8 Å². The lowest BCUT2D eigenvalue weighted by Crippen LogP contribution is -2.36. The Morgan fingerprint density at radius 2 is 1.43 bits per heavy atom. The highest BCUT2D eigenvalue weighted by atomic mass is 16.5. The average molecular weight is 386 g/mol. The van der Waals surface area contributed by atoms with Crippen molar-refractivity contribution in [2.75, 3.05) is 62.4 Å². The van der Waals surface area contributed by atoms with Gasteiger partial charge >= 0.3 is 0 Å². The van der Waals surface area contributed by atoms with E-state index in [0.29, 0.717) is 37.9 Å². The minimum atomic E-state index is 0.227. The Hall–Kier alpha value is -2.64. The number of morpholine rings is 2. The molecule has 2 aromatic carbocycles. The van der Waals surface area contributed by atoms with Crippen LogP contribution in [0.4, 0.5) is 11.4 Å². The van der Waals surface area contributed by atoms with Gasteiger partial charge in [-0.05, 0) is 31.2 Å². The largest absolute Gasteiger partial charge is 0.506 e. The Morgan fingerprint density at radius 3 is 2.11 bits per heavy atom. The summed E-state index contributed by atoms with van der Waals surface area (Å²) in [4.78, 5) is 4.21. The van der Waals surface area contributed by atoms with Gasteiger partial charge in [-0.15, -0.1) is 0 Å². The van der Waals surface area contributed by atoms with Gasteiger partial charge in [-0.3, -0.25) is 0 Å². The first kappa shape index (κ1) is 18.7. The van der Waals surface area contributed by atoms with E-state index >= 15 is 0 Å². The number of phenolic OH excluding ortho intramolecular Hbond substituents is 2. The summed E-state index contributed by atoms with van der Waals surface area (Å²) in [6, 6.07) is 8.69. The molecule has 0 aliphatic carbocycles. The summed E-state index contributed by atoms with van der Waals surface area (Å²) < 4.78 is 17.0. The molecule has 0 atom stereocenters. The quantitative estimate of drug-likeness (QED) is 0.837. The van der Waals surface area contributed by atoms with Gasteiger partial charge < -0.3 is 34.2 Å². The summed E-state index contributed by atoms with van der Waals surface area (Å²) in [5.74, 6) is 1.79. The predicted molar refractivity (Wildman–Crippen MR) is 107 cm³/mol. The Labute approximate surface area is 164 Å². The zero-order valence-corrected chi connectivity index (χ0v) is 16.1. The topological polar surface area (TPSA) is 74.6 Å². The molecule has 0 amide bonds. The third kappa shape index (κ3) is 3.81. The maximum atomic E-state index is 10.4. The van der Waals surface area contributed by atoms with E-state index in [9.17, 15) is 10.2 Å². The van der Waals surface area contributed by atoms with Crippen molar-refractivity contribution in [1.29, 1.82) is 0 Å². The number of ether oxygens (including phenoxy) is 3. The summed E-state index contributed by atoms with van der Waals surface area (Å²) in [6.45, 7) is 7.46. The van der Waals surface area contributed by atoms with Crippen LogP contribution in [0.2, 0.25) is 0 Å². The maximum Gasteiger partial charge on any atom is 0.139 e. The molecule has 28 heavy (non-hydrogen) atoms. The van der Waals surface area contributed by atoms with Gasteiger partial charge in [-0.2, -0.15) is 0 Å². The van der Waals surface area contributed by atoms with Crippen LogP contribution in [0.25, 0.3) is 0 Å². The molecule has 2 N–H and O–H groups in total. The summed E-state index contributed by atoms with van der Waals surface area (Å²) in [5.41, 5.74) is 2.40. The number of phenols is 2. The smallest absolute Gasteiger partial charge is 0.139 e. The van der Waals surface area contributed by atoms with E-state index in [2.05, 4.69) is 9.80 Å². The molecule has 7 nitrogen and oxygen atoms in total. The van der Waals surface area contributed by atoms with Crippen LogP contribution in [-0.4, -0.2) is 62.8 Å². The highest BCUT2D eigenvalue weighted by Gasteiger charge is 2.21. The van der Waals surface area contributed by atoms with Crippen LogP contribution in [0.3, 0.4) is 0 Å². The van der Waals surface area contributed by atoms with Crippen molar-refractivity contribution in [2.24, 2.45) is 0 Å². The van der Waals surface area contributed by atoms with Gasteiger partial charge in [-0.25, -0.2) is 0 Å². The summed E-state index contributed by atoms with van der Waals surface area (Å²) in [5, 5.41) is 20.7. The Bertz CT molecular complexity index is 830. The molecule has 0 radical (unpaired) electrons. The van der Waals surface area contributed by atoms with Crippen molar-refractivity contribution in [3.63, 3.8) is 0 Å². The third-order valence-electron chi connectivity index (χ3n) is 5.21. The van der Waals surface area contributed by atoms with Crippen molar-refractivity contribution >= 4 is 11.4 Å². The Kier molecular flexibility index (Phi) is 5.45. The summed E-state index contributed by atoms with van der Waals surface area (Å²) in [7, 11) is 0. The first-order valence-corrected chi connectivity index (χ1v) is 9.62. The molecular formula is C21H26N2O5. The monoisotopic (exact) mass is 386 g/mol. The van der Waals surface area contributed by atoms with Crippen LogP contribution in [0.15, 0.2) is 30.3 Å². The lowest BCUT2D eigenvalue weighted by Gasteiger charge is -2.31. The maximum absolute atomic E-state index is 10.4. The fourth-order valence-corrected chi connectivity index (χ4v) is 3.72. The summed E-state index contributed by atoms with van der Waals surface area (Å²) >= 11 is 0. The highest BCUT2D eigenvalue weighted by Crippen LogP contribution is 2.40.